The van der Waals surface area contributed by atoms with Crippen LogP contribution in [-0.2, 0) is 14.3 Å². The smallest absolute Gasteiger partial charge is 0.410 e. The highest BCUT2D eigenvalue weighted by atomic mass is 16.6. The van der Waals surface area contributed by atoms with Crippen molar-refractivity contribution in [3.63, 3.8) is 0 Å². The number of hydrogen-bond acceptors (Lipinski definition) is 6. The number of hydrogen-bond donors (Lipinski definition) is 2. The van der Waals surface area contributed by atoms with E-state index in [9.17, 15) is 19.5 Å². The van der Waals surface area contributed by atoms with Crippen molar-refractivity contribution in [2.75, 3.05) is 33.2 Å². The maximum absolute atomic E-state index is 12.9. The molecular formula is C17H28N4O5. The lowest BCUT2D eigenvalue weighted by molar-refractivity contribution is -0.175. The molecule has 2 fully saturated rings. The SMILES string of the molecule is CC=C(O)[C@@H](C(N)=O)N1CC2(CN(C(=O)OC(C)(C)C)CCN2C)C1=O. The summed E-state index contributed by atoms with van der Waals surface area (Å²) in [5.74, 6) is -1.40. The number of aliphatic hydroxyl groups excluding tert-OH is 1. The van der Waals surface area contributed by atoms with Crippen molar-refractivity contribution < 1.29 is 24.2 Å². The van der Waals surface area contributed by atoms with Gasteiger partial charge >= 0.3 is 6.09 Å². The van der Waals surface area contributed by atoms with Gasteiger partial charge in [0.05, 0.1) is 13.1 Å². The Labute approximate surface area is 153 Å². The van der Waals surface area contributed by atoms with Crippen molar-refractivity contribution in [2.24, 2.45) is 5.73 Å². The van der Waals surface area contributed by atoms with E-state index in [-0.39, 0.29) is 24.8 Å². The minimum absolute atomic E-state index is 0.163. The van der Waals surface area contributed by atoms with Crippen molar-refractivity contribution >= 4 is 17.9 Å². The van der Waals surface area contributed by atoms with Gasteiger partial charge in [-0.05, 0) is 40.8 Å². The van der Waals surface area contributed by atoms with E-state index in [0.717, 1.165) is 0 Å². The van der Waals surface area contributed by atoms with Crippen molar-refractivity contribution in [3.05, 3.63) is 11.8 Å². The molecule has 0 aromatic heterocycles. The molecule has 2 rings (SSSR count). The number of amides is 3. The molecule has 1 spiro atoms. The van der Waals surface area contributed by atoms with E-state index in [1.54, 1.807) is 34.7 Å². The van der Waals surface area contributed by atoms with Crippen LogP contribution in [0.5, 0.6) is 0 Å². The normalized spacial score (nSPS) is 25.9. The Hall–Kier alpha value is -2.29. The average molecular weight is 368 g/mol. The van der Waals surface area contributed by atoms with E-state index >= 15 is 0 Å². The van der Waals surface area contributed by atoms with Crippen LogP contribution in [0.4, 0.5) is 4.79 Å². The van der Waals surface area contributed by atoms with E-state index < -0.39 is 29.2 Å². The Morgan fingerprint density at radius 3 is 2.38 bits per heavy atom. The molecular weight excluding hydrogens is 340 g/mol. The van der Waals surface area contributed by atoms with Crippen molar-refractivity contribution in [1.29, 1.82) is 0 Å². The largest absolute Gasteiger partial charge is 0.510 e. The molecule has 9 nitrogen and oxygen atoms in total. The van der Waals surface area contributed by atoms with Crippen LogP contribution in [0.1, 0.15) is 27.7 Å². The second-order valence-electron chi connectivity index (χ2n) is 7.81. The van der Waals surface area contributed by atoms with Crippen LogP contribution in [0, 0.1) is 0 Å². The molecule has 146 valence electrons. The Morgan fingerprint density at radius 1 is 1.31 bits per heavy atom. The number of primary amides is 1. The number of nitrogens with zero attached hydrogens (tertiary/aromatic N) is 3. The fourth-order valence-electron chi connectivity index (χ4n) is 3.31. The quantitative estimate of drug-likeness (QED) is 0.538. The molecule has 0 aliphatic carbocycles. The van der Waals surface area contributed by atoms with Gasteiger partial charge in [0.1, 0.15) is 16.9 Å². The number of likely N-dealkylation sites (N-methyl/N-ethyl adjacent to an activating group) is 1. The Morgan fingerprint density at radius 2 is 1.92 bits per heavy atom. The molecule has 0 bridgehead atoms. The molecule has 26 heavy (non-hydrogen) atoms. The Kier molecular flexibility index (Phi) is 5.23. The van der Waals surface area contributed by atoms with Crippen LogP contribution in [-0.4, -0.2) is 88.1 Å². The highest BCUT2D eigenvalue weighted by molar-refractivity contribution is 5.98. The minimum Gasteiger partial charge on any atom is -0.510 e. The second kappa shape index (κ2) is 6.79. The summed E-state index contributed by atoms with van der Waals surface area (Å²) in [6, 6.07) is -1.19. The van der Waals surface area contributed by atoms with Crippen LogP contribution < -0.4 is 5.73 Å². The van der Waals surface area contributed by atoms with Gasteiger partial charge in [-0.15, -0.1) is 0 Å². The number of allylic oxidation sites excluding steroid dienone is 1. The van der Waals surface area contributed by atoms with Crippen molar-refractivity contribution in [2.45, 2.75) is 44.9 Å². The van der Waals surface area contributed by atoms with Gasteiger partial charge in [0, 0.05) is 13.1 Å². The van der Waals surface area contributed by atoms with Crippen LogP contribution in [0.25, 0.3) is 0 Å². The van der Waals surface area contributed by atoms with Crippen LogP contribution >= 0.6 is 0 Å². The van der Waals surface area contributed by atoms with E-state index in [2.05, 4.69) is 0 Å². The van der Waals surface area contributed by atoms with Gasteiger partial charge in [-0.2, -0.15) is 0 Å². The topological polar surface area (TPSA) is 116 Å². The van der Waals surface area contributed by atoms with Gasteiger partial charge in [-0.1, -0.05) is 0 Å². The summed E-state index contributed by atoms with van der Waals surface area (Å²) in [6.45, 7) is 8.19. The molecule has 2 saturated heterocycles. The predicted octanol–water partition coefficient (Wildman–Crippen LogP) is 0.0656. The molecule has 2 aliphatic rings. The van der Waals surface area contributed by atoms with E-state index in [1.165, 1.54) is 15.9 Å². The zero-order valence-electron chi connectivity index (χ0n) is 16.0. The number of carbonyl (C=O) groups excluding carboxylic acids is 3. The summed E-state index contributed by atoms with van der Waals surface area (Å²) in [4.78, 5) is 41.6. The number of ether oxygens (including phenoxy) is 1. The maximum atomic E-state index is 12.9. The average Bonchev–Trinajstić information content (AvgIpc) is 2.53. The maximum Gasteiger partial charge on any atom is 0.410 e. The number of nitrogens with two attached hydrogens (primary N) is 1. The number of rotatable bonds is 3. The zero-order valence-corrected chi connectivity index (χ0v) is 16.0. The fourth-order valence-corrected chi connectivity index (χ4v) is 3.31. The summed E-state index contributed by atoms with van der Waals surface area (Å²) in [6.07, 6.45) is 0.865. The van der Waals surface area contributed by atoms with E-state index in [1.807, 2.05) is 4.90 Å². The molecule has 0 aromatic rings. The van der Waals surface area contributed by atoms with Gasteiger partial charge in [0.2, 0.25) is 11.8 Å². The third-order valence-electron chi connectivity index (χ3n) is 4.79. The molecule has 2 heterocycles. The molecule has 0 saturated carbocycles. The number of piperazine rings is 1. The summed E-state index contributed by atoms with van der Waals surface area (Å²) >= 11 is 0. The first kappa shape index (κ1) is 20.0. The minimum atomic E-state index is -1.19. The number of aliphatic hydroxyl groups is 1. The monoisotopic (exact) mass is 368 g/mol. The summed E-state index contributed by atoms with van der Waals surface area (Å²) in [5, 5.41) is 9.93. The first-order chi connectivity index (χ1) is 11.9. The van der Waals surface area contributed by atoms with Gasteiger partial charge in [0.25, 0.3) is 0 Å². The Bertz CT molecular complexity index is 642. The van der Waals surface area contributed by atoms with E-state index in [4.69, 9.17) is 10.5 Å². The second-order valence-corrected chi connectivity index (χ2v) is 7.81. The molecule has 2 aliphatic heterocycles. The van der Waals surface area contributed by atoms with Gasteiger partial charge in [-0.3, -0.25) is 14.5 Å². The Balaban J connectivity index is 2.18. The number of β-lactam (4-membered cyclic amide) rings is 1. The first-order valence-corrected chi connectivity index (χ1v) is 8.57. The number of likely N-dealkylation sites (tertiary alicyclic amines) is 1. The molecule has 0 radical (unpaired) electrons. The molecule has 3 N–H and O–H groups in total. The lowest BCUT2D eigenvalue weighted by atomic mass is 9.82. The van der Waals surface area contributed by atoms with Gasteiger partial charge in [-0.25, -0.2) is 4.79 Å². The van der Waals surface area contributed by atoms with Crippen LogP contribution in [0.3, 0.4) is 0 Å². The molecule has 2 atom stereocenters. The van der Waals surface area contributed by atoms with Crippen molar-refractivity contribution in [1.82, 2.24) is 14.7 Å². The molecule has 0 aromatic carbocycles. The summed E-state index contributed by atoms with van der Waals surface area (Å²) in [7, 11) is 1.80. The standard InChI is InChI=1S/C17H28N4O5/c1-6-11(22)12(13(18)23)21-10-17(14(21)24)9-20(8-7-19(17)5)15(25)26-16(2,3)4/h6,12,22H,7-10H2,1-5H3,(H2,18,23)/t12-,17?/m0/s1. The highest BCUT2D eigenvalue weighted by Crippen LogP contribution is 2.35. The van der Waals surface area contributed by atoms with Crippen molar-refractivity contribution in [3.8, 4) is 0 Å². The van der Waals surface area contributed by atoms with Gasteiger partial charge in [0.15, 0.2) is 6.04 Å². The first-order valence-electron chi connectivity index (χ1n) is 8.57. The van der Waals surface area contributed by atoms with Crippen LogP contribution in [0.15, 0.2) is 11.8 Å². The molecule has 3 amide bonds. The molecule has 1 unspecified atom stereocenters. The predicted molar refractivity (Wildman–Crippen MR) is 94.2 cm³/mol. The zero-order chi connectivity index (χ0) is 19.9. The summed E-state index contributed by atoms with van der Waals surface area (Å²) in [5.41, 5.74) is 3.79. The lowest BCUT2D eigenvalue weighted by Gasteiger charge is -2.58. The summed E-state index contributed by atoms with van der Waals surface area (Å²) < 4.78 is 5.40. The molecule has 9 heteroatoms. The van der Waals surface area contributed by atoms with Gasteiger partial charge < -0.3 is 25.4 Å². The van der Waals surface area contributed by atoms with Crippen LogP contribution in [0.2, 0.25) is 0 Å². The third kappa shape index (κ3) is 3.48. The highest BCUT2D eigenvalue weighted by Gasteiger charge is 2.60. The fraction of sp³-hybridized carbons (Fsp3) is 0.706. The van der Waals surface area contributed by atoms with E-state index in [0.29, 0.717) is 13.1 Å². The third-order valence-corrected chi connectivity index (χ3v) is 4.79. The lowest BCUT2D eigenvalue weighted by Crippen LogP contribution is -2.81. The number of carbonyl (C=O) groups is 3.